The van der Waals surface area contributed by atoms with E-state index in [1.54, 1.807) is 0 Å². The Morgan fingerprint density at radius 3 is 2.75 bits per heavy atom. The zero-order valence-electron chi connectivity index (χ0n) is 6.28. The second-order valence-electron chi connectivity index (χ2n) is 2.51. The van der Waals surface area contributed by atoms with Crippen molar-refractivity contribution in [2.75, 3.05) is 0 Å². The molecule has 1 heterocycles. The number of thiophene rings is 1. The Labute approximate surface area is 73.6 Å². The third kappa shape index (κ3) is 1.08. The Morgan fingerprint density at radius 2 is 2.08 bits per heavy atom. The van der Waals surface area contributed by atoms with Gasteiger partial charge in [0.15, 0.2) is 0 Å². The molecule has 60 valence electrons. The van der Waals surface area contributed by atoms with E-state index in [4.69, 9.17) is 5.73 Å². The van der Waals surface area contributed by atoms with E-state index in [-0.39, 0.29) is 5.91 Å². The van der Waals surface area contributed by atoms with Crippen LogP contribution in [-0.2, 0) is 0 Å². The van der Waals surface area contributed by atoms with E-state index in [2.05, 4.69) is 0 Å². The Hall–Kier alpha value is -1.35. The van der Waals surface area contributed by atoms with Gasteiger partial charge < -0.3 is 5.73 Å². The smallest absolute Gasteiger partial charge is 0.258 e. The lowest BCUT2D eigenvalue weighted by Gasteiger charge is -1.82. The number of fused-ring (bicyclic) bond motifs is 1. The SMILES string of the molecule is NC(=O)c1cc2ccccc2s1. The third-order valence-electron chi connectivity index (χ3n) is 1.67. The van der Waals surface area contributed by atoms with E-state index < -0.39 is 0 Å². The molecule has 3 heteroatoms. The van der Waals surface area contributed by atoms with E-state index in [0.29, 0.717) is 4.88 Å². The lowest BCUT2D eigenvalue weighted by Crippen LogP contribution is -2.07. The van der Waals surface area contributed by atoms with Crippen LogP contribution in [0.2, 0.25) is 0 Å². The largest absolute Gasteiger partial charge is 0.365 e. The molecular formula is C9H7NOS. The van der Waals surface area contributed by atoms with Crippen LogP contribution < -0.4 is 5.73 Å². The van der Waals surface area contributed by atoms with Crippen LogP contribution in [-0.4, -0.2) is 5.91 Å². The van der Waals surface area contributed by atoms with Crippen molar-refractivity contribution in [1.29, 1.82) is 0 Å². The maximum Gasteiger partial charge on any atom is 0.258 e. The van der Waals surface area contributed by atoms with Crippen LogP contribution in [0.4, 0.5) is 0 Å². The van der Waals surface area contributed by atoms with Gasteiger partial charge in [0.25, 0.3) is 5.91 Å². The van der Waals surface area contributed by atoms with Gasteiger partial charge in [-0.3, -0.25) is 4.79 Å². The molecule has 0 spiro atoms. The highest BCUT2D eigenvalue weighted by Crippen LogP contribution is 2.24. The van der Waals surface area contributed by atoms with Crippen molar-refractivity contribution < 1.29 is 4.79 Å². The van der Waals surface area contributed by atoms with Crippen LogP contribution in [0.5, 0.6) is 0 Å². The first-order valence-electron chi connectivity index (χ1n) is 3.56. The molecule has 2 nitrogen and oxygen atoms in total. The summed E-state index contributed by atoms with van der Waals surface area (Å²) >= 11 is 1.43. The first-order valence-corrected chi connectivity index (χ1v) is 4.37. The summed E-state index contributed by atoms with van der Waals surface area (Å²) in [6.07, 6.45) is 0. The number of carbonyl (C=O) groups is 1. The van der Waals surface area contributed by atoms with Crippen LogP contribution in [0.25, 0.3) is 10.1 Å². The number of nitrogens with two attached hydrogens (primary N) is 1. The minimum atomic E-state index is -0.351. The summed E-state index contributed by atoms with van der Waals surface area (Å²) < 4.78 is 1.10. The summed E-state index contributed by atoms with van der Waals surface area (Å²) in [4.78, 5) is 11.4. The Balaban J connectivity index is 2.70. The van der Waals surface area contributed by atoms with Crippen molar-refractivity contribution in [3.63, 3.8) is 0 Å². The molecule has 2 rings (SSSR count). The fourth-order valence-electron chi connectivity index (χ4n) is 1.10. The number of amides is 1. The van der Waals surface area contributed by atoms with Crippen molar-refractivity contribution in [2.24, 2.45) is 5.73 Å². The van der Waals surface area contributed by atoms with Crippen molar-refractivity contribution in [1.82, 2.24) is 0 Å². The monoisotopic (exact) mass is 177 g/mol. The molecule has 0 aliphatic carbocycles. The topological polar surface area (TPSA) is 43.1 Å². The molecular weight excluding hydrogens is 170 g/mol. The van der Waals surface area contributed by atoms with Crippen LogP contribution in [0.15, 0.2) is 30.3 Å². The van der Waals surface area contributed by atoms with E-state index in [1.165, 1.54) is 11.3 Å². The second kappa shape index (κ2) is 2.60. The Kier molecular flexibility index (Phi) is 1.59. The van der Waals surface area contributed by atoms with Crippen molar-refractivity contribution in [3.8, 4) is 0 Å². The number of hydrogen-bond donors (Lipinski definition) is 1. The van der Waals surface area contributed by atoms with Gasteiger partial charge in [0, 0.05) is 4.70 Å². The van der Waals surface area contributed by atoms with E-state index in [1.807, 2.05) is 30.3 Å². The zero-order chi connectivity index (χ0) is 8.55. The highest BCUT2D eigenvalue weighted by atomic mass is 32.1. The van der Waals surface area contributed by atoms with Gasteiger partial charge in [-0.15, -0.1) is 11.3 Å². The predicted octanol–water partition coefficient (Wildman–Crippen LogP) is 2.00. The molecule has 0 radical (unpaired) electrons. The quantitative estimate of drug-likeness (QED) is 0.711. The van der Waals surface area contributed by atoms with Crippen molar-refractivity contribution >= 4 is 27.3 Å². The molecule has 2 aromatic rings. The van der Waals surface area contributed by atoms with Gasteiger partial charge in [-0.05, 0) is 17.5 Å². The summed E-state index contributed by atoms with van der Waals surface area (Å²) in [7, 11) is 0. The van der Waals surface area contributed by atoms with E-state index in [0.717, 1.165) is 10.1 Å². The molecule has 0 saturated heterocycles. The van der Waals surface area contributed by atoms with Crippen LogP contribution in [0.3, 0.4) is 0 Å². The average molecular weight is 177 g/mol. The molecule has 0 aliphatic rings. The summed E-state index contributed by atoms with van der Waals surface area (Å²) in [6.45, 7) is 0. The fourth-order valence-corrected chi connectivity index (χ4v) is 2.02. The van der Waals surface area contributed by atoms with Gasteiger partial charge in [0.1, 0.15) is 0 Å². The van der Waals surface area contributed by atoms with Gasteiger partial charge in [-0.1, -0.05) is 18.2 Å². The highest BCUT2D eigenvalue weighted by Gasteiger charge is 2.04. The lowest BCUT2D eigenvalue weighted by atomic mass is 10.2. The molecule has 0 aliphatic heterocycles. The first-order chi connectivity index (χ1) is 5.77. The molecule has 1 amide bonds. The maximum atomic E-state index is 10.8. The number of benzene rings is 1. The standard InChI is InChI=1S/C9H7NOS/c10-9(11)8-5-6-3-1-2-4-7(6)12-8/h1-5H,(H2,10,11). The van der Waals surface area contributed by atoms with Crippen molar-refractivity contribution in [3.05, 3.63) is 35.2 Å². The second-order valence-corrected chi connectivity index (χ2v) is 3.60. The van der Waals surface area contributed by atoms with E-state index in [9.17, 15) is 4.79 Å². The lowest BCUT2D eigenvalue weighted by molar-refractivity contribution is 0.100. The third-order valence-corrected chi connectivity index (χ3v) is 2.80. The van der Waals surface area contributed by atoms with Crippen LogP contribution >= 0.6 is 11.3 Å². The highest BCUT2D eigenvalue weighted by molar-refractivity contribution is 7.20. The van der Waals surface area contributed by atoms with Gasteiger partial charge in [-0.25, -0.2) is 0 Å². The Bertz CT molecular complexity index is 400. The molecule has 0 saturated carbocycles. The molecule has 0 fully saturated rings. The number of hydrogen-bond acceptors (Lipinski definition) is 2. The molecule has 0 bridgehead atoms. The molecule has 1 aromatic carbocycles. The minimum absolute atomic E-state index is 0.351. The van der Waals surface area contributed by atoms with E-state index >= 15 is 0 Å². The maximum absolute atomic E-state index is 10.8. The summed E-state index contributed by atoms with van der Waals surface area (Å²) in [5.74, 6) is -0.351. The number of carbonyl (C=O) groups excluding carboxylic acids is 1. The number of rotatable bonds is 1. The zero-order valence-corrected chi connectivity index (χ0v) is 7.10. The average Bonchev–Trinajstić information content (AvgIpc) is 2.46. The number of primary amides is 1. The minimum Gasteiger partial charge on any atom is -0.365 e. The van der Waals surface area contributed by atoms with Gasteiger partial charge in [0.05, 0.1) is 4.88 Å². The fraction of sp³-hybridized carbons (Fsp3) is 0. The Morgan fingerprint density at radius 1 is 1.33 bits per heavy atom. The van der Waals surface area contributed by atoms with Crippen LogP contribution in [0.1, 0.15) is 9.67 Å². The molecule has 0 unspecified atom stereocenters. The molecule has 12 heavy (non-hydrogen) atoms. The van der Waals surface area contributed by atoms with Crippen molar-refractivity contribution in [2.45, 2.75) is 0 Å². The molecule has 1 aromatic heterocycles. The van der Waals surface area contributed by atoms with Gasteiger partial charge in [-0.2, -0.15) is 0 Å². The normalized spacial score (nSPS) is 10.3. The predicted molar refractivity (Wildman–Crippen MR) is 50.3 cm³/mol. The molecule has 2 N–H and O–H groups in total. The summed E-state index contributed by atoms with van der Waals surface area (Å²) in [5, 5.41) is 1.08. The van der Waals surface area contributed by atoms with Crippen LogP contribution in [0, 0.1) is 0 Å². The molecule has 0 atom stereocenters. The summed E-state index contributed by atoms with van der Waals surface area (Å²) in [6, 6.07) is 9.66. The van der Waals surface area contributed by atoms with Gasteiger partial charge >= 0.3 is 0 Å². The first kappa shape index (κ1) is 7.31. The van der Waals surface area contributed by atoms with Gasteiger partial charge in [0.2, 0.25) is 0 Å². The summed E-state index contributed by atoms with van der Waals surface area (Å²) in [5.41, 5.74) is 5.15.